The van der Waals surface area contributed by atoms with Crippen molar-refractivity contribution in [3.05, 3.63) is 0 Å². The highest BCUT2D eigenvalue weighted by Crippen LogP contribution is 2.70. The molecular weight excluding hydrogens is 881 g/mol. The second-order valence-electron chi connectivity index (χ2n) is 26.7. The van der Waals surface area contributed by atoms with E-state index in [2.05, 4.69) is 62.8 Å². The summed E-state index contributed by atoms with van der Waals surface area (Å²) in [5.74, 6) is 3.84. The summed E-state index contributed by atoms with van der Waals surface area (Å²) in [5, 5.41) is 81.2. The normalized spacial score (nSPS) is 46.1. The van der Waals surface area contributed by atoms with Gasteiger partial charge in [-0.25, -0.2) is 0 Å². The molecule has 402 valence electrons. The third kappa shape index (κ3) is 10.7. The van der Waals surface area contributed by atoms with Crippen molar-refractivity contribution < 1.29 is 40.2 Å². The average Bonchev–Trinajstić information content (AvgIpc) is 3.87. The summed E-state index contributed by atoms with van der Waals surface area (Å²) in [6.45, 7) is 18.9. The highest BCUT2D eigenvalue weighted by Gasteiger charge is 2.67. The maximum absolute atomic E-state index is 12.9. The van der Waals surface area contributed by atoms with E-state index in [1.165, 1.54) is 0 Å². The summed E-state index contributed by atoms with van der Waals surface area (Å²) >= 11 is 0. The number of unbranched alkanes of at least 4 members (excludes halogenated alkanes) is 1. The predicted octanol–water partition coefficient (Wildman–Crippen LogP) is 6.71. The van der Waals surface area contributed by atoms with Gasteiger partial charge in [-0.05, 0) is 247 Å². The van der Waals surface area contributed by atoms with Gasteiger partial charge in [-0.2, -0.15) is 0 Å². The number of hydrogen-bond donors (Lipinski definition) is 10. The van der Waals surface area contributed by atoms with E-state index in [4.69, 9.17) is 0 Å². The topological polar surface area (TPSA) is 204 Å². The molecule has 2 amide bonds. The zero-order chi connectivity index (χ0) is 50.2. The van der Waals surface area contributed by atoms with Crippen molar-refractivity contribution in [2.24, 2.45) is 92.7 Å². The summed E-state index contributed by atoms with van der Waals surface area (Å²) in [4.78, 5) is 25.8. The largest absolute Gasteiger partial charge is 0.393 e. The fraction of sp³-hybridized carbons (Fsp3) is 0.966. The first kappa shape index (κ1) is 54.9. The Bertz CT molecular complexity index is 1620. The van der Waals surface area contributed by atoms with Crippen molar-refractivity contribution in [3.8, 4) is 0 Å². The van der Waals surface area contributed by atoms with Crippen LogP contribution in [-0.2, 0) is 9.59 Å². The smallest absolute Gasteiger partial charge is 0.220 e. The minimum Gasteiger partial charge on any atom is -0.393 e. The van der Waals surface area contributed by atoms with E-state index in [0.29, 0.717) is 85.1 Å². The second-order valence-corrected chi connectivity index (χ2v) is 26.7. The van der Waals surface area contributed by atoms with E-state index in [0.717, 1.165) is 155 Å². The van der Waals surface area contributed by atoms with Gasteiger partial charge in [-0.1, -0.05) is 41.5 Å². The molecule has 12 heteroatoms. The monoisotopic (exact) mass is 983 g/mol. The molecule has 8 aliphatic carbocycles. The fourth-order valence-corrected chi connectivity index (χ4v) is 19.2. The maximum atomic E-state index is 12.9. The van der Waals surface area contributed by atoms with Crippen molar-refractivity contribution in [2.75, 3.05) is 39.3 Å². The van der Waals surface area contributed by atoms with E-state index in [1.54, 1.807) is 0 Å². The predicted molar refractivity (Wildman–Crippen MR) is 275 cm³/mol. The highest BCUT2D eigenvalue weighted by atomic mass is 16.3. The number of fused-ring (bicyclic) bond motifs is 10. The zero-order valence-corrected chi connectivity index (χ0v) is 44.7. The molecule has 10 unspecified atom stereocenters. The number of carbonyl (C=O) groups is 2. The first-order valence-corrected chi connectivity index (χ1v) is 29.4. The van der Waals surface area contributed by atoms with E-state index < -0.39 is 12.2 Å². The van der Waals surface area contributed by atoms with E-state index in [1.807, 2.05) is 0 Å². The Morgan fingerprint density at radius 3 is 1.27 bits per heavy atom. The lowest BCUT2D eigenvalue weighted by Crippen LogP contribution is -2.62. The van der Waals surface area contributed by atoms with Gasteiger partial charge >= 0.3 is 0 Å². The molecule has 0 aromatic rings. The standard InChI is InChI=1S/C58H102N4O8/c1-35(41-13-15-43-53-45(33-49(67)57(41,43)5)55(3)21-19-39(63)29-37(55)31-47(53)65)11-17-51(69)61-27-9-25-59-23-7-8-24-60-26-10-28-62-52(70)18-12-36(2)42-14-16-44-54-46(34-50(68)58(42,44)6)56(4)22-20-40(64)30-38(56)32-48(54)66/h35-50,53-54,59-60,63-68H,7-34H2,1-6H3,(H,61,69)(H,62,70)/t35?,36?,37-,38+,39+,40-,41?,42?,43?,44?,45?,46?,47+,48-,49-,50+,53?,54?,55-,56+,57+,58-. The van der Waals surface area contributed by atoms with Crippen LogP contribution in [0, 0.1) is 92.7 Å². The minimum atomic E-state index is -0.399. The van der Waals surface area contributed by atoms with Crippen LogP contribution in [-0.4, -0.2) is 118 Å². The molecule has 0 aromatic carbocycles. The molecule has 0 heterocycles. The fourth-order valence-electron chi connectivity index (χ4n) is 19.2. The van der Waals surface area contributed by atoms with E-state index in [9.17, 15) is 40.2 Å². The molecule has 8 fully saturated rings. The summed E-state index contributed by atoms with van der Waals surface area (Å²) in [5.41, 5.74) is -0.321. The molecule has 0 aliphatic heterocycles. The number of hydrogen-bond acceptors (Lipinski definition) is 10. The van der Waals surface area contributed by atoms with Gasteiger partial charge in [-0.3, -0.25) is 9.59 Å². The van der Waals surface area contributed by atoms with Crippen molar-refractivity contribution in [3.63, 3.8) is 0 Å². The number of amides is 2. The lowest BCUT2D eigenvalue weighted by atomic mass is 9.43. The number of nitrogens with one attached hydrogen (secondary N) is 4. The van der Waals surface area contributed by atoms with Crippen LogP contribution in [0.15, 0.2) is 0 Å². The second kappa shape index (κ2) is 22.8. The Morgan fingerprint density at radius 1 is 0.486 bits per heavy atom. The van der Waals surface area contributed by atoms with Gasteiger partial charge in [0.2, 0.25) is 11.8 Å². The Kier molecular flexibility index (Phi) is 17.9. The third-order valence-electron chi connectivity index (χ3n) is 23.4. The molecule has 22 atom stereocenters. The van der Waals surface area contributed by atoms with Crippen molar-refractivity contribution in [2.45, 2.75) is 219 Å². The van der Waals surface area contributed by atoms with Gasteiger partial charge in [0.05, 0.1) is 36.6 Å². The van der Waals surface area contributed by atoms with Crippen molar-refractivity contribution in [1.82, 2.24) is 21.3 Å². The van der Waals surface area contributed by atoms with E-state index in [-0.39, 0.29) is 69.7 Å². The van der Waals surface area contributed by atoms with E-state index >= 15 is 0 Å². The number of carbonyl (C=O) groups excluding carboxylic acids is 2. The number of aliphatic hydroxyl groups excluding tert-OH is 6. The first-order chi connectivity index (χ1) is 33.3. The van der Waals surface area contributed by atoms with Crippen LogP contribution in [0.4, 0.5) is 0 Å². The molecular formula is C58H102N4O8. The molecule has 0 saturated heterocycles. The SMILES string of the molecule is CC(CCC(=O)NCCCNCCCCNCCCNC(=O)CCC(C)C1CCC2C3C(C[C@H](O)[C@]12C)[C@@]1(C)CC[C@@H](O)C[C@H]1C[C@H]3O)C1CCC2C3C(C[C@@H](O)[C@@]12C)[C@]1(C)CC[C@H](O)C[C@@H]1C[C@@H]3O. The Balaban J connectivity index is 0.627. The molecule has 0 bridgehead atoms. The highest BCUT2D eigenvalue weighted by molar-refractivity contribution is 5.76. The molecule has 0 radical (unpaired) electrons. The first-order valence-electron chi connectivity index (χ1n) is 29.4. The summed E-state index contributed by atoms with van der Waals surface area (Å²) in [6, 6.07) is 0. The average molecular weight is 983 g/mol. The van der Waals surface area contributed by atoms with Gasteiger partial charge < -0.3 is 51.9 Å². The Morgan fingerprint density at radius 2 is 0.871 bits per heavy atom. The molecule has 8 aliphatic rings. The third-order valence-corrected chi connectivity index (χ3v) is 23.4. The molecule has 8 rings (SSSR count). The molecule has 8 saturated carbocycles. The number of aliphatic hydroxyl groups is 6. The van der Waals surface area contributed by atoms with Gasteiger partial charge in [0.25, 0.3) is 0 Å². The van der Waals surface area contributed by atoms with Crippen LogP contribution in [0.5, 0.6) is 0 Å². The minimum absolute atomic E-state index is 0.0779. The van der Waals surface area contributed by atoms with Crippen LogP contribution >= 0.6 is 0 Å². The van der Waals surface area contributed by atoms with Gasteiger partial charge in [0.1, 0.15) is 0 Å². The van der Waals surface area contributed by atoms with Crippen molar-refractivity contribution in [1.29, 1.82) is 0 Å². The number of rotatable bonds is 21. The Labute approximate surface area is 423 Å². The molecule has 0 spiro atoms. The van der Waals surface area contributed by atoms with Crippen LogP contribution in [0.1, 0.15) is 183 Å². The van der Waals surface area contributed by atoms with Crippen molar-refractivity contribution >= 4 is 11.8 Å². The van der Waals surface area contributed by atoms with Crippen LogP contribution in [0.25, 0.3) is 0 Å². The van der Waals surface area contributed by atoms with Crippen LogP contribution < -0.4 is 21.3 Å². The Hall–Kier alpha value is -1.38. The molecule has 0 aromatic heterocycles. The van der Waals surface area contributed by atoms with Gasteiger partial charge in [0, 0.05) is 25.9 Å². The lowest BCUT2D eigenvalue weighted by molar-refractivity contribution is -0.207. The maximum Gasteiger partial charge on any atom is 0.220 e. The summed E-state index contributed by atoms with van der Waals surface area (Å²) in [7, 11) is 0. The van der Waals surface area contributed by atoms with Gasteiger partial charge in [0.15, 0.2) is 0 Å². The van der Waals surface area contributed by atoms with Crippen LogP contribution in [0.3, 0.4) is 0 Å². The molecule has 70 heavy (non-hydrogen) atoms. The van der Waals surface area contributed by atoms with Crippen LogP contribution in [0.2, 0.25) is 0 Å². The summed E-state index contributed by atoms with van der Waals surface area (Å²) in [6.07, 6.45) is 17.0. The zero-order valence-electron chi connectivity index (χ0n) is 44.7. The lowest BCUT2D eigenvalue weighted by Gasteiger charge is -2.63. The summed E-state index contributed by atoms with van der Waals surface area (Å²) < 4.78 is 0. The molecule has 10 N–H and O–H groups in total. The van der Waals surface area contributed by atoms with Gasteiger partial charge in [-0.15, -0.1) is 0 Å². The molecule has 12 nitrogen and oxygen atoms in total. The quantitative estimate of drug-likeness (QED) is 0.0551.